The standard InChI is InChI=1S/C28H32N2O11/c1-27(2)13-36-25(34)23(27)40-18(32)8-7-15-5-3-4-6-16(15)12-30-21-24(33)39-17-11-28(21,26(35)29-9-10-31)22(41-30)20-19(17)37-14-38-20/h3-8,17,19-23,31H,9-14H2,1-2H3,(H,29,35). The van der Waals surface area contributed by atoms with Crippen LogP contribution >= 0.6 is 0 Å². The number of cyclic esters (lactones) is 1. The molecule has 1 saturated carbocycles. The van der Waals surface area contributed by atoms with Crippen molar-refractivity contribution >= 4 is 29.9 Å². The molecule has 0 spiro atoms. The summed E-state index contributed by atoms with van der Waals surface area (Å²) in [7, 11) is 0. The second-order valence-electron chi connectivity index (χ2n) is 11.5. The third-order valence-corrected chi connectivity index (χ3v) is 8.42. The van der Waals surface area contributed by atoms with E-state index in [1.54, 1.807) is 44.2 Å². The van der Waals surface area contributed by atoms with Gasteiger partial charge in [-0.2, -0.15) is 5.06 Å². The van der Waals surface area contributed by atoms with Gasteiger partial charge in [0.2, 0.25) is 12.0 Å². The highest BCUT2D eigenvalue weighted by Crippen LogP contribution is 2.55. The van der Waals surface area contributed by atoms with Crippen LogP contribution < -0.4 is 5.32 Å². The molecule has 5 aliphatic rings. The maximum atomic E-state index is 13.6. The number of hydroxylamine groups is 2. The van der Waals surface area contributed by atoms with Crippen molar-refractivity contribution < 1.29 is 52.8 Å². The molecule has 2 N–H and O–H groups in total. The second kappa shape index (κ2) is 10.5. The maximum Gasteiger partial charge on any atom is 0.348 e. The lowest BCUT2D eigenvalue weighted by atomic mass is 9.62. The zero-order valence-electron chi connectivity index (χ0n) is 22.6. The molecule has 1 aliphatic carbocycles. The van der Waals surface area contributed by atoms with Crippen LogP contribution in [0.3, 0.4) is 0 Å². The van der Waals surface area contributed by atoms with Gasteiger partial charge in [0, 0.05) is 24.5 Å². The molecule has 0 radical (unpaired) electrons. The molecule has 1 amide bonds. The van der Waals surface area contributed by atoms with Gasteiger partial charge < -0.3 is 34.1 Å². The maximum absolute atomic E-state index is 13.6. The number of hydrogen-bond donors (Lipinski definition) is 2. The van der Waals surface area contributed by atoms with Crippen molar-refractivity contribution in [3.05, 3.63) is 41.5 Å². The molecular weight excluding hydrogens is 540 g/mol. The van der Waals surface area contributed by atoms with Crippen molar-refractivity contribution in [3.8, 4) is 0 Å². The largest absolute Gasteiger partial charge is 0.462 e. The number of esters is 3. The number of nitrogens with one attached hydrogen (secondary N) is 1. The minimum absolute atomic E-state index is 0.0122. The molecule has 0 aromatic heterocycles. The SMILES string of the molecule is CC1(C)COC(=O)C1OC(=O)C=Cc1ccccc1CN1OC2C3OCOC3C3CC2(C(=O)NCCO)C1C(=O)O3. The number of carbonyl (C=O) groups excluding carboxylic acids is 4. The Hall–Kier alpha value is -3.36. The summed E-state index contributed by atoms with van der Waals surface area (Å²) >= 11 is 0. The Labute approximate surface area is 235 Å². The van der Waals surface area contributed by atoms with Crippen molar-refractivity contribution in [2.24, 2.45) is 10.8 Å². The van der Waals surface area contributed by atoms with Crippen LogP contribution in [0.5, 0.6) is 0 Å². The van der Waals surface area contributed by atoms with Crippen molar-refractivity contribution in [3.63, 3.8) is 0 Å². The van der Waals surface area contributed by atoms with Crippen LogP contribution in [0.2, 0.25) is 0 Å². The Morgan fingerprint density at radius 3 is 2.71 bits per heavy atom. The van der Waals surface area contributed by atoms with E-state index in [9.17, 15) is 24.3 Å². The van der Waals surface area contributed by atoms with Gasteiger partial charge in [0.25, 0.3) is 0 Å². The smallest absolute Gasteiger partial charge is 0.348 e. The number of hydrogen-bond acceptors (Lipinski definition) is 12. The van der Waals surface area contributed by atoms with E-state index >= 15 is 0 Å². The summed E-state index contributed by atoms with van der Waals surface area (Å²) in [5.74, 6) is -2.32. The van der Waals surface area contributed by atoms with Crippen molar-refractivity contribution in [1.82, 2.24) is 10.4 Å². The van der Waals surface area contributed by atoms with E-state index < -0.39 is 71.2 Å². The van der Waals surface area contributed by atoms with Crippen LogP contribution in [0.1, 0.15) is 31.4 Å². The molecule has 4 saturated heterocycles. The number of fused-ring (bicyclic) bond motifs is 4. The Kier molecular flexibility index (Phi) is 7.10. The first kappa shape index (κ1) is 27.8. The van der Waals surface area contributed by atoms with Crippen LogP contribution in [-0.4, -0.2) is 97.1 Å². The minimum atomic E-state index is -1.32. The van der Waals surface area contributed by atoms with Gasteiger partial charge in [-0.25, -0.2) is 9.59 Å². The third kappa shape index (κ3) is 4.61. The zero-order valence-corrected chi connectivity index (χ0v) is 22.6. The van der Waals surface area contributed by atoms with Gasteiger partial charge in [0.1, 0.15) is 43.2 Å². The molecule has 4 aliphatic heterocycles. The van der Waals surface area contributed by atoms with Crippen LogP contribution in [0.25, 0.3) is 6.08 Å². The number of rotatable bonds is 8. The fourth-order valence-corrected chi connectivity index (χ4v) is 6.42. The second-order valence-corrected chi connectivity index (χ2v) is 11.5. The number of ether oxygens (including phenoxy) is 5. The number of carbonyl (C=O) groups is 4. The monoisotopic (exact) mass is 572 g/mol. The Bertz CT molecular complexity index is 1280. The molecule has 1 aromatic rings. The van der Waals surface area contributed by atoms with Crippen molar-refractivity contribution in [2.45, 2.75) is 63.4 Å². The van der Waals surface area contributed by atoms with Crippen LogP contribution in [0.4, 0.5) is 0 Å². The van der Waals surface area contributed by atoms with E-state index in [-0.39, 0.29) is 39.5 Å². The minimum Gasteiger partial charge on any atom is -0.462 e. The molecule has 220 valence electrons. The molecule has 13 nitrogen and oxygen atoms in total. The lowest BCUT2D eigenvalue weighted by molar-refractivity contribution is -0.201. The lowest BCUT2D eigenvalue weighted by Crippen LogP contribution is -2.69. The van der Waals surface area contributed by atoms with E-state index in [4.69, 9.17) is 28.5 Å². The van der Waals surface area contributed by atoms with Gasteiger partial charge in [0.15, 0.2) is 6.04 Å². The van der Waals surface area contributed by atoms with Gasteiger partial charge in [-0.15, -0.1) is 0 Å². The van der Waals surface area contributed by atoms with Crippen LogP contribution in [0.15, 0.2) is 30.3 Å². The molecule has 5 fully saturated rings. The summed E-state index contributed by atoms with van der Waals surface area (Å²) in [6, 6.07) is 6.09. The van der Waals surface area contributed by atoms with Gasteiger partial charge in [-0.1, -0.05) is 38.1 Å². The lowest BCUT2D eigenvalue weighted by Gasteiger charge is -2.48. The summed E-state index contributed by atoms with van der Waals surface area (Å²) < 4.78 is 27.6. The molecular formula is C28H32N2O11. The fraction of sp³-hybridized carbons (Fsp3) is 0.571. The number of amides is 1. The molecule has 4 heterocycles. The number of aliphatic hydroxyl groups is 1. The molecule has 2 bridgehead atoms. The third-order valence-electron chi connectivity index (χ3n) is 8.42. The van der Waals surface area contributed by atoms with Gasteiger partial charge in [-0.05, 0) is 17.2 Å². The van der Waals surface area contributed by atoms with E-state index in [1.165, 1.54) is 11.1 Å². The number of benzene rings is 1. The molecule has 13 heteroatoms. The van der Waals surface area contributed by atoms with E-state index in [2.05, 4.69) is 5.32 Å². The summed E-state index contributed by atoms with van der Waals surface area (Å²) in [4.78, 5) is 57.9. The van der Waals surface area contributed by atoms with Gasteiger partial charge in [0.05, 0.1) is 13.2 Å². The van der Waals surface area contributed by atoms with Gasteiger partial charge >= 0.3 is 17.9 Å². The van der Waals surface area contributed by atoms with Crippen LogP contribution in [-0.2, 0) is 54.2 Å². The predicted molar refractivity (Wildman–Crippen MR) is 136 cm³/mol. The first-order valence-corrected chi connectivity index (χ1v) is 13.6. The first-order chi connectivity index (χ1) is 19.7. The van der Waals surface area contributed by atoms with E-state index in [0.29, 0.717) is 11.1 Å². The topological polar surface area (TPSA) is 159 Å². The quantitative estimate of drug-likeness (QED) is 0.241. The first-order valence-electron chi connectivity index (χ1n) is 13.6. The van der Waals surface area contributed by atoms with E-state index in [0.717, 1.165) is 0 Å². The fourth-order valence-electron chi connectivity index (χ4n) is 6.42. The number of aliphatic hydroxyl groups excluding tert-OH is 1. The number of nitrogens with zero attached hydrogens (tertiary/aromatic N) is 1. The highest BCUT2D eigenvalue weighted by atomic mass is 16.8. The average Bonchev–Trinajstić information content (AvgIpc) is 3.63. The Morgan fingerprint density at radius 1 is 1.17 bits per heavy atom. The van der Waals surface area contributed by atoms with Crippen LogP contribution in [0, 0.1) is 10.8 Å². The highest BCUT2D eigenvalue weighted by molar-refractivity contribution is 5.94. The normalized spacial score (nSPS) is 35.2. The summed E-state index contributed by atoms with van der Waals surface area (Å²) in [5.41, 5.74) is -0.629. The molecule has 7 unspecified atom stereocenters. The molecule has 7 atom stereocenters. The predicted octanol–water partition coefficient (Wildman–Crippen LogP) is -0.155. The molecule has 1 aromatic carbocycles. The van der Waals surface area contributed by atoms with Gasteiger partial charge in [-0.3, -0.25) is 14.4 Å². The van der Waals surface area contributed by atoms with Crippen molar-refractivity contribution in [2.75, 3.05) is 26.6 Å². The summed E-state index contributed by atoms with van der Waals surface area (Å²) in [6.45, 7) is 3.54. The molecule has 41 heavy (non-hydrogen) atoms. The summed E-state index contributed by atoms with van der Waals surface area (Å²) in [5, 5.41) is 13.5. The summed E-state index contributed by atoms with van der Waals surface area (Å²) in [6.07, 6.45) is -0.738. The highest BCUT2D eigenvalue weighted by Gasteiger charge is 2.74. The average molecular weight is 573 g/mol. The van der Waals surface area contributed by atoms with E-state index in [1.807, 2.05) is 0 Å². The Balaban J connectivity index is 1.25. The zero-order chi connectivity index (χ0) is 28.9. The van der Waals surface area contributed by atoms with Crippen molar-refractivity contribution in [1.29, 1.82) is 0 Å². The Morgan fingerprint density at radius 2 is 1.95 bits per heavy atom. The molecule has 6 rings (SSSR count).